The molecular formula is C42H57N5O7. The average Bonchev–Trinajstić information content (AvgIpc) is 3.88. The van der Waals surface area contributed by atoms with Crippen molar-refractivity contribution in [3.05, 3.63) is 71.8 Å². The molecule has 54 heavy (non-hydrogen) atoms. The number of nitrogens with two attached hydrogens (primary N) is 1. The molecule has 0 bridgehead atoms. The van der Waals surface area contributed by atoms with Gasteiger partial charge in [0.25, 0.3) is 5.91 Å². The van der Waals surface area contributed by atoms with E-state index in [0.29, 0.717) is 32.4 Å². The van der Waals surface area contributed by atoms with Gasteiger partial charge in [-0.05, 0) is 59.0 Å². The Kier molecular flexibility index (Phi) is 11.5. The highest BCUT2D eigenvalue weighted by atomic mass is 16.7. The maximum atomic E-state index is 14.6. The van der Waals surface area contributed by atoms with Crippen molar-refractivity contribution in [3.8, 4) is 0 Å². The van der Waals surface area contributed by atoms with Crippen molar-refractivity contribution in [1.29, 1.82) is 0 Å². The third kappa shape index (κ3) is 8.65. The first kappa shape index (κ1) is 39.4. The molecule has 4 fully saturated rings. The molecule has 1 aliphatic heterocycles. The normalized spacial score (nSPS) is 24.1. The number of benzene rings is 2. The molecular weight excluding hydrogens is 686 g/mol. The number of carbonyl (C=O) groups is 5. The van der Waals surface area contributed by atoms with Gasteiger partial charge in [-0.25, -0.2) is 4.79 Å². The lowest BCUT2D eigenvalue weighted by atomic mass is 9.84. The third-order valence-electron chi connectivity index (χ3n) is 12.2. The summed E-state index contributed by atoms with van der Waals surface area (Å²) < 4.78 is 12.4. The molecule has 4 aliphatic rings. The van der Waals surface area contributed by atoms with Crippen LogP contribution in [0.15, 0.2) is 60.7 Å². The number of carbonyl (C=O) groups excluding carboxylic acids is 5. The highest BCUT2D eigenvalue weighted by molar-refractivity contribution is 6.37. The SMILES string of the molecule is CC(C)(C)[C@H](NC(=O)NC1(C(OCOCc2ccccc2)c2ccccc2)CCCC1)C(=O)N1CC2[C@@H](C1C(=O)NC(CC1CC1)C(=O)C(N)=O)C2(C)C. The van der Waals surface area contributed by atoms with Gasteiger partial charge in [0, 0.05) is 6.54 Å². The number of piperidine rings is 1. The van der Waals surface area contributed by atoms with Gasteiger partial charge in [-0.1, -0.05) is 121 Å². The number of amides is 5. The van der Waals surface area contributed by atoms with Crippen LogP contribution < -0.4 is 21.7 Å². The van der Waals surface area contributed by atoms with E-state index >= 15 is 0 Å². The van der Waals surface area contributed by atoms with E-state index < -0.39 is 58.8 Å². The van der Waals surface area contributed by atoms with Crippen molar-refractivity contribution in [2.24, 2.45) is 34.3 Å². The van der Waals surface area contributed by atoms with Crippen LogP contribution in [0.2, 0.25) is 0 Å². The van der Waals surface area contributed by atoms with Crippen molar-refractivity contribution in [2.75, 3.05) is 13.3 Å². The Hall–Kier alpha value is -4.29. The highest BCUT2D eigenvalue weighted by Gasteiger charge is 2.70. The Balaban J connectivity index is 1.19. The molecule has 292 valence electrons. The number of Topliss-reactive ketones (excluding diaryl/α,β-unsaturated/α-hetero) is 1. The minimum absolute atomic E-state index is 0.0201. The first-order chi connectivity index (χ1) is 25.6. The van der Waals surface area contributed by atoms with Gasteiger partial charge < -0.3 is 36.1 Å². The second-order valence-electron chi connectivity index (χ2n) is 17.5. The van der Waals surface area contributed by atoms with Crippen LogP contribution in [-0.2, 0) is 35.3 Å². The van der Waals surface area contributed by atoms with Crippen LogP contribution in [0.5, 0.6) is 0 Å². The van der Waals surface area contributed by atoms with Crippen molar-refractivity contribution in [1.82, 2.24) is 20.9 Å². The van der Waals surface area contributed by atoms with Crippen LogP contribution >= 0.6 is 0 Å². The highest BCUT2D eigenvalue weighted by Crippen LogP contribution is 2.65. The number of hydrogen-bond acceptors (Lipinski definition) is 7. The molecule has 3 aliphatic carbocycles. The molecule has 5 N–H and O–H groups in total. The molecule has 6 rings (SSSR count). The predicted molar refractivity (Wildman–Crippen MR) is 202 cm³/mol. The summed E-state index contributed by atoms with van der Waals surface area (Å²) in [6.07, 6.45) is 4.80. The number of primary amides is 1. The second-order valence-corrected chi connectivity index (χ2v) is 17.5. The predicted octanol–water partition coefficient (Wildman–Crippen LogP) is 4.77. The van der Waals surface area contributed by atoms with Gasteiger partial charge >= 0.3 is 6.03 Å². The van der Waals surface area contributed by atoms with Gasteiger partial charge in [0.15, 0.2) is 0 Å². The fourth-order valence-electron chi connectivity index (χ4n) is 8.88. The summed E-state index contributed by atoms with van der Waals surface area (Å²) >= 11 is 0. The molecule has 1 saturated heterocycles. The van der Waals surface area contributed by atoms with E-state index in [9.17, 15) is 24.0 Å². The monoisotopic (exact) mass is 743 g/mol. The van der Waals surface area contributed by atoms with Crippen molar-refractivity contribution < 1.29 is 33.4 Å². The minimum Gasteiger partial charge on any atom is -0.363 e. The lowest BCUT2D eigenvalue weighted by molar-refractivity contribution is -0.145. The Morgan fingerprint density at radius 2 is 1.56 bits per heavy atom. The maximum Gasteiger partial charge on any atom is 0.315 e. The quantitative estimate of drug-likeness (QED) is 0.109. The maximum absolute atomic E-state index is 14.6. The van der Waals surface area contributed by atoms with Crippen LogP contribution in [0.1, 0.15) is 96.8 Å². The van der Waals surface area contributed by atoms with E-state index in [4.69, 9.17) is 15.2 Å². The van der Waals surface area contributed by atoms with Crippen LogP contribution in [-0.4, -0.2) is 71.4 Å². The fraction of sp³-hybridized carbons (Fsp3) is 0.595. The molecule has 5 amide bonds. The fourth-order valence-corrected chi connectivity index (χ4v) is 8.88. The van der Waals surface area contributed by atoms with Crippen LogP contribution in [0.3, 0.4) is 0 Å². The van der Waals surface area contributed by atoms with E-state index in [1.54, 1.807) is 4.90 Å². The number of ketones is 1. The molecule has 2 aromatic rings. The third-order valence-corrected chi connectivity index (χ3v) is 12.2. The first-order valence-corrected chi connectivity index (χ1v) is 19.4. The van der Waals surface area contributed by atoms with E-state index in [-0.39, 0.29) is 35.9 Å². The topological polar surface area (TPSA) is 169 Å². The molecule has 0 spiro atoms. The van der Waals surface area contributed by atoms with E-state index in [0.717, 1.165) is 36.8 Å². The van der Waals surface area contributed by atoms with Crippen LogP contribution in [0.25, 0.3) is 0 Å². The standard InChI is InChI=1S/C42H57N5O7/c1-40(2,3)34(38(51)47-23-29-31(41(29,4)5)32(47)37(50)44-30(22-26-18-19-26)33(48)36(43)49)45-39(52)46-42(20-12-13-21-42)35(28-16-10-7-11-17-28)54-25-53-24-27-14-8-6-9-15-27/h6-11,14-17,26,29-32,34-35H,12-13,18-25H2,1-5H3,(H2,43,49)(H,44,50)(H2,45,46,52)/t29?,30?,31-,32?,34+,35?/m0/s1. The molecule has 2 aromatic carbocycles. The number of ether oxygens (including phenoxy) is 2. The Labute approximate surface area is 318 Å². The van der Waals surface area contributed by atoms with Crippen LogP contribution in [0.4, 0.5) is 4.79 Å². The van der Waals surface area contributed by atoms with E-state index in [1.807, 2.05) is 81.4 Å². The molecule has 6 atom stereocenters. The number of urea groups is 1. The summed E-state index contributed by atoms with van der Waals surface area (Å²) in [5, 5.41) is 9.11. The number of fused-ring (bicyclic) bond motifs is 1. The molecule has 1 heterocycles. The van der Waals surface area contributed by atoms with Gasteiger partial charge in [-0.15, -0.1) is 0 Å². The van der Waals surface area contributed by atoms with E-state index in [1.165, 1.54) is 0 Å². The minimum atomic E-state index is -1.09. The summed E-state index contributed by atoms with van der Waals surface area (Å²) in [4.78, 5) is 69.1. The summed E-state index contributed by atoms with van der Waals surface area (Å²) in [7, 11) is 0. The largest absolute Gasteiger partial charge is 0.363 e. The van der Waals surface area contributed by atoms with Crippen molar-refractivity contribution in [2.45, 2.75) is 116 Å². The number of nitrogens with zero attached hydrogens (tertiary/aromatic N) is 1. The molecule has 12 heteroatoms. The number of rotatable bonds is 16. The number of likely N-dealkylation sites (tertiary alicyclic amines) is 1. The van der Waals surface area contributed by atoms with E-state index in [2.05, 4.69) is 29.8 Å². The lowest BCUT2D eigenvalue weighted by Crippen LogP contribution is -2.63. The number of nitrogens with one attached hydrogen (secondary N) is 3. The Morgan fingerprint density at radius 3 is 2.15 bits per heavy atom. The van der Waals surface area contributed by atoms with Gasteiger partial charge in [0.2, 0.25) is 17.6 Å². The van der Waals surface area contributed by atoms with Crippen molar-refractivity contribution >= 4 is 29.5 Å². The second kappa shape index (κ2) is 15.8. The first-order valence-electron chi connectivity index (χ1n) is 19.4. The summed E-state index contributed by atoms with van der Waals surface area (Å²) in [5.74, 6) is -2.56. The van der Waals surface area contributed by atoms with Crippen LogP contribution in [0, 0.1) is 28.6 Å². The molecule has 3 saturated carbocycles. The molecule has 12 nitrogen and oxygen atoms in total. The van der Waals surface area contributed by atoms with Gasteiger partial charge in [0.05, 0.1) is 18.2 Å². The number of hydrogen-bond donors (Lipinski definition) is 4. The average molecular weight is 744 g/mol. The molecule has 4 unspecified atom stereocenters. The Bertz CT molecular complexity index is 1680. The smallest absolute Gasteiger partial charge is 0.315 e. The summed E-state index contributed by atoms with van der Waals surface area (Å²) in [6, 6.07) is 16.3. The Morgan fingerprint density at radius 1 is 0.926 bits per heavy atom. The zero-order valence-electron chi connectivity index (χ0n) is 32.3. The molecule has 0 aromatic heterocycles. The van der Waals surface area contributed by atoms with Gasteiger partial charge in [-0.3, -0.25) is 19.2 Å². The lowest BCUT2D eigenvalue weighted by Gasteiger charge is -2.41. The van der Waals surface area contributed by atoms with Gasteiger partial charge in [-0.2, -0.15) is 0 Å². The van der Waals surface area contributed by atoms with Gasteiger partial charge in [0.1, 0.15) is 25.0 Å². The zero-order chi connectivity index (χ0) is 38.8. The summed E-state index contributed by atoms with van der Waals surface area (Å²) in [6.45, 7) is 10.6. The molecule has 0 radical (unpaired) electrons. The van der Waals surface area contributed by atoms with Crippen molar-refractivity contribution in [3.63, 3.8) is 0 Å². The zero-order valence-corrected chi connectivity index (χ0v) is 32.3. The summed E-state index contributed by atoms with van der Waals surface area (Å²) in [5.41, 5.74) is 5.62.